The number of para-hydroxylation sites is 1. The summed E-state index contributed by atoms with van der Waals surface area (Å²) in [5.41, 5.74) is 1.87. The van der Waals surface area contributed by atoms with Crippen LogP contribution in [0.15, 0.2) is 83.8 Å². The van der Waals surface area contributed by atoms with E-state index in [1.165, 1.54) is 6.07 Å². The lowest BCUT2D eigenvalue weighted by atomic mass is 10.3. The Labute approximate surface area is 166 Å². The van der Waals surface area contributed by atoms with Gasteiger partial charge in [-0.1, -0.05) is 30.3 Å². The van der Waals surface area contributed by atoms with Crippen LogP contribution in [0.4, 0.5) is 26.2 Å². The topological polar surface area (TPSA) is 70.2 Å². The van der Waals surface area contributed by atoms with Crippen molar-refractivity contribution in [2.45, 2.75) is 4.90 Å². The fourth-order valence-corrected chi connectivity index (χ4v) is 3.09. The average molecular weight is 395 g/mol. The lowest BCUT2D eigenvalue weighted by molar-refractivity contribution is -0.113. The Bertz CT molecular complexity index is 949. The molecule has 0 aliphatic rings. The molecule has 142 valence electrons. The molecule has 0 saturated heterocycles. The van der Waals surface area contributed by atoms with Crippen LogP contribution in [0.5, 0.6) is 0 Å². The van der Waals surface area contributed by atoms with Gasteiger partial charge < -0.3 is 16.0 Å². The van der Waals surface area contributed by atoms with Crippen molar-refractivity contribution in [2.75, 3.05) is 21.7 Å². The standard InChI is InChI=1S/C21H18FN3O2S/c22-18-8-4-5-9-19(18)28-14-20(26)23-16-10-12-17(13-11-16)25-21(27)24-15-6-2-1-3-7-15/h1-13H,14H2,(H,23,26)(H2,24,25,27). The van der Waals surface area contributed by atoms with Crippen molar-refractivity contribution >= 4 is 40.8 Å². The molecule has 0 radical (unpaired) electrons. The van der Waals surface area contributed by atoms with Crippen molar-refractivity contribution in [1.29, 1.82) is 0 Å². The highest BCUT2D eigenvalue weighted by Crippen LogP contribution is 2.21. The molecule has 3 amide bonds. The molecular weight excluding hydrogens is 377 g/mol. The molecule has 0 fully saturated rings. The predicted octanol–water partition coefficient (Wildman–Crippen LogP) is 5.20. The van der Waals surface area contributed by atoms with Crippen molar-refractivity contribution in [3.8, 4) is 0 Å². The zero-order chi connectivity index (χ0) is 19.8. The molecule has 3 aromatic carbocycles. The summed E-state index contributed by atoms with van der Waals surface area (Å²) in [5.74, 6) is -0.485. The first-order chi connectivity index (χ1) is 13.6. The van der Waals surface area contributed by atoms with Gasteiger partial charge in [-0.3, -0.25) is 4.79 Å². The first-order valence-corrected chi connectivity index (χ1v) is 9.49. The van der Waals surface area contributed by atoms with E-state index in [2.05, 4.69) is 16.0 Å². The molecule has 28 heavy (non-hydrogen) atoms. The first-order valence-electron chi connectivity index (χ1n) is 8.50. The number of halogens is 1. The van der Waals surface area contributed by atoms with Crippen LogP contribution < -0.4 is 16.0 Å². The van der Waals surface area contributed by atoms with Gasteiger partial charge in [0, 0.05) is 22.0 Å². The van der Waals surface area contributed by atoms with Gasteiger partial charge in [0.2, 0.25) is 5.91 Å². The van der Waals surface area contributed by atoms with E-state index >= 15 is 0 Å². The number of hydrogen-bond acceptors (Lipinski definition) is 3. The fraction of sp³-hybridized carbons (Fsp3) is 0.0476. The number of benzene rings is 3. The Hall–Kier alpha value is -3.32. The molecule has 0 aromatic heterocycles. The Morgan fingerprint density at radius 2 is 1.25 bits per heavy atom. The lowest BCUT2D eigenvalue weighted by Gasteiger charge is -2.09. The van der Waals surface area contributed by atoms with Gasteiger partial charge in [-0.15, -0.1) is 11.8 Å². The zero-order valence-corrected chi connectivity index (χ0v) is 15.6. The summed E-state index contributed by atoms with van der Waals surface area (Å²) in [6.45, 7) is 0. The molecule has 3 aromatic rings. The molecule has 0 unspecified atom stereocenters. The Balaban J connectivity index is 1.48. The average Bonchev–Trinajstić information content (AvgIpc) is 2.69. The number of urea groups is 1. The van der Waals surface area contributed by atoms with Crippen molar-refractivity contribution in [3.63, 3.8) is 0 Å². The van der Waals surface area contributed by atoms with Gasteiger partial charge in [-0.25, -0.2) is 9.18 Å². The van der Waals surface area contributed by atoms with Crippen molar-refractivity contribution in [1.82, 2.24) is 0 Å². The van der Waals surface area contributed by atoms with Crippen molar-refractivity contribution in [2.24, 2.45) is 0 Å². The van der Waals surface area contributed by atoms with Crippen LogP contribution in [0.25, 0.3) is 0 Å². The van der Waals surface area contributed by atoms with Gasteiger partial charge >= 0.3 is 6.03 Å². The van der Waals surface area contributed by atoms with Crippen LogP contribution in [-0.4, -0.2) is 17.7 Å². The number of carbonyl (C=O) groups excluding carboxylic acids is 2. The Kier molecular flexibility index (Phi) is 6.64. The second-order valence-corrected chi connectivity index (χ2v) is 6.81. The van der Waals surface area contributed by atoms with Crippen LogP contribution in [0.1, 0.15) is 0 Å². The Morgan fingerprint density at radius 3 is 1.89 bits per heavy atom. The largest absolute Gasteiger partial charge is 0.325 e. The summed E-state index contributed by atoms with van der Waals surface area (Å²) < 4.78 is 13.6. The summed E-state index contributed by atoms with van der Waals surface area (Å²) in [7, 11) is 0. The number of carbonyl (C=O) groups is 2. The van der Waals surface area contributed by atoms with Gasteiger partial charge in [0.05, 0.1) is 5.75 Å². The minimum atomic E-state index is -0.357. The van der Waals surface area contributed by atoms with Gasteiger partial charge in [0.1, 0.15) is 5.82 Å². The highest BCUT2D eigenvalue weighted by molar-refractivity contribution is 8.00. The molecule has 0 spiro atoms. The maximum absolute atomic E-state index is 13.6. The van der Waals surface area contributed by atoms with Crippen LogP contribution in [0.2, 0.25) is 0 Å². The molecule has 0 heterocycles. The molecule has 0 aliphatic carbocycles. The smallest absolute Gasteiger partial charge is 0.323 e. The maximum Gasteiger partial charge on any atom is 0.323 e. The minimum absolute atomic E-state index is 0.0976. The van der Waals surface area contributed by atoms with E-state index in [4.69, 9.17) is 0 Å². The van der Waals surface area contributed by atoms with Gasteiger partial charge in [-0.2, -0.15) is 0 Å². The quantitative estimate of drug-likeness (QED) is 0.503. The number of amides is 3. The van der Waals surface area contributed by atoms with E-state index in [1.807, 2.05) is 18.2 Å². The lowest BCUT2D eigenvalue weighted by Crippen LogP contribution is -2.19. The normalized spacial score (nSPS) is 10.2. The van der Waals surface area contributed by atoms with Gasteiger partial charge in [0.15, 0.2) is 0 Å². The third-order valence-corrected chi connectivity index (χ3v) is 4.70. The fourth-order valence-electron chi connectivity index (χ4n) is 2.35. The van der Waals surface area contributed by atoms with Crippen LogP contribution in [0, 0.1) is 5.82 Å². The van der Waals surface area contributed by atoms with Gasteiger partial charge in [0.25, 0.3) is 0 Å². The SMILES string of the molecule is O=C(CSc1ccccc1F)Nc1ccc(NC(=O)Nc2ccccc2)cc1. The molecule has 0 bridgehead atoms. The summed E-state index contributed by atoms with van der Waals surface area (Å²) in [6.07, 6.45) is 0. The second-order valence-electron chi connectivity index (χ2n) is 5.79. The molecule has 0 saturated carbocycles. The number of anilines is 3. The molecule has 5 nitrogen and oxygen atoms in total. The molecular formula is C21H18FN3O2S. The summed E-state index contributed by atoms with van der Waals surface area (Å²) in [6, 6.07) is 21.8. The van der Waals surface area contributed by atoms with E-state index in [0.717, 1.165) is 11.8 Å². The van der Waals surface area contributed by atoms with Crippen molar-refractivity contribution in [3.05, 3.63) is 84.7 Å². The minimum Gasteiger partial charge on any atom is -0.325 e. The zero-order valence-electron chi connectivity index (χ0n) is 14.8. The Morgan fingerprint density at radius 1 is 0.714 bits per heavy atom. The predicted molar refractivity (Wildman–Crippen MR) is 111 cm³/mol. The highest BCUT2D eigenvalue weighted by Gasteiger charge is 2.07. The molecule has 0 atom stereocenters. The van der Waals surface area contributed by atoms with E-state index in [1.54, 1.807) is 54.6 Å². The van der Waals surface area contributed by atoms with E-state index < -0.39 is 0 Å². The van der Waals surface area contributed by atoms with Crippen LogP contribution in [0.3, 0.4) is 0 Å². The van der Waals surface area contributed by atoms with Crippen molar-refractivity contribution < 1.29 is 14.0 Å². The number of nitrogens with one attached hydrogen (secondary N) is 3. The van der Waals surface area contributed by atoms with Crippen LogP contribution in [-0.2, 0) is 4.79 Å². The molecule has 0 aliphatic heterocycles. The molecule has 3 rings (SSSR count). The number of rotatable bonds is 6. The third-order valence-electron chi connectivity index (χ3n) is 3.65. The second kappa shape index (κ2) is 9.57. The number of thioether (sulfide) groups is 1. The third kappa shape index (κ3) is 5.85. The maximum atomic E-state index is 13.6. The van der Waals surface area contributed by atoms with E-state index in [9.17, 15) is 14.0 Å². The number of hydrogen-bond donors (Lipinski definition) is 3. The molecule has 3 N–H and O–H groups in total. The molecule has 7 heteroatoms. The van der Waals surface area contributed by atoms with Crippen LogP contribution >= 0.6 is 11.8 Å². The van der Waals surface area contributed by atoms with Gasteiger partial charge in [-0.05, 0) is 48.5 Å². The summed E-state index contributed by atoms with van der Waals surface area (Å²) >= 11 is 1.13. The monoisotopic (exact) mass is 395 g/mol. The first kappa shape index (κ1) is 19.4. The van der Waals surface area contributed by atoms with E-state index in [-0.39, 0.29) is 23.5 Å². The summed E-state index contributed by atoms with van der Waals surface area (Å²) in [4.78, 5) is 24.4. The summed E-state index contributed by atoms with van der Waals surface area (Å²) in [5, 5.41) is 8.18. The highest BCUT2D eigenvalue weighted by atomic mass is 32.2. The van der Waals surface area contributed by atoms with E-state index in [0.29, 0.717) is 22.0 Å².